The number of imidazole rings is 1. The van der Waals surface area contributed by atoms with Gasteiger partial charge in [-0.2, -0.15) is 0 Å². The van der Waals surface area contributed by atoms with Gasteiger partial charge in [-0.25, -0.2) is 9.37 Å². The molecule has 0 unspecified atom stereocenters. The Bertz CT molecular complexity index is 534. The molecule has 0 saturated heterocycles. The molecule has 18 heavy (non-hydrogen) atoms. The predicted octanol–water partition coefficient (Wildman–Crippen LogP) is 3.49. The Morgan fingerprint density at radius 3 is 2.83 bits per heavy atom. The molecule has 1 heterocycles. The summed E-state index contributed by atoms with van der Waals surface area (Å²) in [5.74, 6) is 1.20. The third-order valence-corrected chi connectivity index (χ3v) is 2.76. The Hall–Kier alpha value is -1.84. The summed E-state index contributed by atoms with van der Waals surface area (Å²) < 4.78 is 20.7. The normalized spacial score (nSPS) is 10.9. The van der Waals surface area contributed by atoms with Gasteiger partial charge in [0, 0.05) is 12.1 Å². The van der Waals surface area contributed by atoms with Crippen LogP contribution in [0.15, 0.2) is 30.5 Å². The van der Waals surface area contributed by atoms with E-state index in [0.29, 0.717) is 18.4 Å². The van der Waals surface area contributed by atoms with Crippen LogP contribution in [-0.2, 0) is 6.61 Å². The topological polar surface area (TPSA) is 27.1 Å². The minimum Gasteiger partial charge on any atom is -0.487 e. The molecular formula is C14H17FN2O. The van der Waals surface area contributed by atoms with Gasteiger partial charge in [0.1, 0.15) is 24.0 Å². The average Bonchev–Trinajstić information content (AvgIpc) is 2.68. The smallest absolute Gasteiger partial charge is 0.130 e. The van der Waals surface area contributed by atoms with E-state index in [2.05, 4.69) is 23.4 Å². The van der Waals surface area contributed by atoms with Crippen molar-refractivity contribution in [3.05, 3.63) is 47.8 Å². The summed E-state index contributed by atoms with van der Waals surface area (Å²) in [6.07, 6.45) is 1.80. The van der Waals surface area contributed by atoms with Crippen LogP contribution in [0.25, 0.3) is 0 Å². The fraction of sp³-hybridized carbons (Fsp3) is 0.357. The summed E-state index contributed by atoms with van der Waals surface area (Å²) in [5, 5.41) is 0. The van der Waals surface area contributed by atoms with Crippen LogP contribution >= 0.6 is 0 Å². The van der Waals surface area contributed by atoms with Gasteiger partial charge in [-0.15, -0.1) is 0 Å². The monoisotopic (exact) mass is 248 g/mol. The lowest BCUT2D eigenvalue weighted by Crippen LogP contribution is -2.09. The van der Waals surface area contributed by atoms with Crippen LogP contribution in [0, 0.1) is 12.7 Å². The molecule has 0 saturated carbocycles. The first-order valence-corrected chi connectivity index (χ1v) is 5.99. The van der Waals surface area contributed by atoms with Gasteiger partial charge in [0.2, 0.25) is 0 Å². The number of rotatable bonds is 4. The van der Waals surface area contributed by atoms with Crippen LogP contribution < -0.4 is 4.74 Å². The molecule has 0 aliphatic rings. The number of ether oxygens (including phenoxy) is 1. The SMILES string of the molecule is Cc1ncc(COc2cccc(F)c2)n1C(C)C. The molecule has 96 valence electrons. The van der Waals surface area contributed by atoms with E-state index in [9.17, 15) is 4.39 Å². The van der Waals surface area contributed by atoms with E-state index in [1.165, 1.54) is 12.1 Å². The molecule has 0 amide bonds. The van der Waals surface area contributed by atoms with Crippen LogP contribution in [-0.4, -0.2) is 9.55 Å². The van der Waals surface area contributed by atoms with E-state index in [1.807, 2.05) is 6.92 Å². The molecule has 0 aliphatic carbocycles. The van der Waals surface area contributed by atoms with Crippen molar-refractivity contribution in [3.8, 4) is 5.75 Å². The van der Waals surface area contributed by atoms with E-state index >= 15 is 0 Å². The van der Waals surface area contributed by atoms with Crippen molar-refractivity contribution in [3.63, 3.8) is 0 Å². The molecule has 4 heteroatoms. The zero-order valence-corrected chi connectivity index (χ0v) is 10.9. The Morgan fingerprint density at radius 2 is 2.17 bits per heavy atom. The molecule has 0 atom stereocenters. The van der Waals surface area contributed by atoms with Crippen molar-refractivity contribution in [2.24, 2.45) is 0 Å². The first-order chi connectivity index (χ1) is 8.58. The average molecular weight is 248 g/mol. The number of benzene rings is 1. The Morgan fingerprint density at radius 1 is 1.39 bits per heavy atom. The summed E-state index contributed by atoms with van der Waals surface area (Å²) in [6.45, 7) is 6.55. The molecule has 2 aromatic rings. The van der Waals surface area contributed by atoms with E-state index in [4.69, 9.17) is 4.74 Å². The number of halogens is 1. The highest BCUT2D eigenvalue weighted by molar-refractivity contribution is 5.22. The fourth-order valence-corrected chi connectivity index (χ4v) is 2.03. The van der Waals surface area contributed by atoms with Crippen LogP contribution in [0.2, 0.25) is 0 Å². The number of aromatic nitrogens is 2. The molecule has 1 aromatic carbocycles. The summed E-state index contributed by atoms with van der Waals surface area (Å²) in [6, 6.07) is 6.48. The van der Waals surface area contributed by atoms with Crippen LogP contribution in [0.3, 0.4) is 0 Å². The van der Waals surface area contributed by atoms with Gasteiger partial charge in [-0.1, -0.05) is 6.07 Å². The van der Waals surface area contributed by atoms with Gasteiger partial charge in [-0.05, 0) is 32.9 Å². The third-order valence-electron chi connectivity index (χ3n) is 2.76. The second-order valence-corrected chi connectivity index (χ2v) is 4.51. The van der Waals surface area contributed by atoms with Crippen molar-refractivity contribution < 1.29 is 9.13 Å². The molecule has 0 aliphatic heterocycles. The molecule has 0 bridgehead atoms. The van der Waals surface area contributed by atoms with Crippen LogP contribution in [0.5, 0.6) is 5.75 Å². The number of hydrogen-bond donors (Lipinski definition) is 0. The highest BCUT2D eigenvalue weighted by Gasteiger charge is 2.10. The lowest BCUT2D eigenvalue weighted by molar-refractivity contribution is 0.290. The van der Waals surface area contributed by atoms with Crippen molar-refractivity contribution in [1.29, 1.82) is 0 Å². The Kier molecular flexibility index (Phi) is 3.65. The molecule has 2 rings (SSSR count). The highest BCUT2D eigenvalue weighted by atomic mass is 19.1. The van der Waals surface area contributed by atoms with E-state index in [1.54, 1.807) is 18.3 Å². The molecule has 0 spiro atoms. The summed E-state index contributed by atoms with van der Waals surface area (Å²) in [7, 11) is 0. The van der Waals surface area contributed by atoms with E-state index in [0.717, 1.165) is 11.5 Å². The first kappa shape index (κ1) is 12.6. The fourth-order valence-electron chi connectivity index (χ4n) is 2.03. The molecular weight excluding hydrogens is 231 g/mol. The van der Waals surface area contributed by atoms with Crippen molar-refractivity contribution in [2.75, 3.05) is 0 Å². The van der Waals surface area contributed by atoms with Crippen LogP contribution in [0.1, 0.15) is 31.4 Å². The summed E-state index contributed by atoms with van der Waals surface area (Å²) in [5.41, 5.74) is 0.992. The van der Waals surface area contributed by atoms with Crippen molar-refractivity contribution in [2.45, 2.75) is 33.4 Å². The second-order valence-electron chi connectivity index (χ2n) is 4.51. The maximum absolute atomic E-state index is 13.0. The zero-order chi connectivity index (χ0) is 13.1. The highest BCUT2D eigenvalue weighted by Crippen LogP contribution is 2.17. The molecule has 0 N–H and O–H groups in total. The van der Waals surface area contributed by atoms with Gasteiger partial charge >= 0.3 is 0 Å². The summed E-state index contributed by atoms with van der Waals surface area (Å²) in [4.78, 5) is 4.28. The second kappa shape index (κ2) is 5.21. The minimum absolute atomic E-state index is 0.291. The van der Waals surface area contributed by atoms with Gasteiger partial charge in [0.05, 0.1) is 11.9 Å². The van der Waals surface area contributed by atoms with Gasteiger partial charge < -0.3 is 9.30 Å². The molecule has 0 fully saturated rings. The number of aryl methyl sites for hydroxylation is 1. The number of nitrogens with zero attached hydrogens (tertiary/aromatic N) is 2. The van der Waals surface area contributed by atoms with Crippen molar-refractivity contribution in [1.82, 2.24) is 9.55 Å². The standard InChI is InChI=1S/C14H17FN2O/c1-10(2)17-11(3)16-8-13(17)9-18-14-6-4-5-12(15)7-14/h4-8,10H,9H2,1-3H3. The van der Waals surface area contributed by atoms with Gasteiger partial charge in [0.25, 0.3) is 0 Å². The lowest BCUT2D eigenvalue weighted by atomic mass is 10.3. The number of hydrogen-bond acceptors (Lipinski definition) is 2. The van der Waals surface area contributed by atoms with Crippen molar-refractivity contribution >= 4 is 0 Å². The van der Waals surface area contributed by atoms with Gasteiger partial charge in [-0.3, -0.25) is 0 Å². The first-order valence-electron chi connectivity index (χ1n) is 5.99. The maximum Gasteiger partial charge on any atom is 0.130 e. The third kappa shape index (κ3) is 2.70. The quantitative estimate of drug-likeness (QED) is 0.828. The molecule has 0 radical (unpaired) electrons. The molecule has 3 nitrogen and oxygen atoms in total. The molecule has 1 aromatic heterocycles. The minimum atomic E-state index is -0.291. The lowest BCUT2D eigenvalue weighted by Gasteiger charge is -2.14. The van der Waals surface area contributed by atoms with Gasteiger partial charge in [0.15, 0.2) is 0 Å². The van der Waals surface area contributed by atoms with Crippen LogP contribution in [0.4, 0.5) is 4.39 Å². The summed E-state index contributed by atoms with van der Waals surface area (Å²) >= 11 is 0. The largest absolute Gasteiger partial charge is 0.487 e. The Balaban J connectivity index is 2.11. The van der Waals surface area contributed by atoms with E-state index in [-0.39, 0.29) is 5.82 Å². The Labute approximate surface area is 106 Å². The van der Waals surface area contributed by atoms with E-state index < -0.39 is 0 Å². The zero-order valence-electron chi connectivity index (χ0n) is 10.9. The predicted molar refractivity (Wildman–Crippen MR) is 68.1 cm³/mol. The maximum atomic E-state index is 13.0.